The Morgan fingerprint density at radius 1 is 1.11 bits per heavy atom. The molecular weight excluding hydrogens is 450 g/mol. The van der Waals surface area contributed by atoms with E-state index in [2.05, 4.69) is 5.32 Å². The molecule has 1 aliphatic rings. The van der Waals surface area contributed by atoms with E-state index in [1.54, 1.807) is 19.9 Å². The molecule has 2 N–H and O–H groups in total. The summed E-state index contributed by atoms with van der Waals surface area (Å²) in [6.07, 6.45) is 0. The number of nitrogens with one attached hydrogen (secondary N) is 1. The van der Waals surface area contributed by atoms with Gasteiger partial charge in [0.1, 0.15) is 6.61 Å². The number of hydrogen-bond acceptors (Lipinski definition) is 7. The van der Waals surface area contributed by atoms with E-state index in [1.807, 2.05) is 49.2 Å². The number of benzene rings is 2. The molecule has 0 saturated heterocycles. The fourth-order valence-corrected chi connectivity index (χ4v) is 4.13. The predicted molar refractivity (Wildman–Crippen MR) is 130 cm³/mol. The third kappa shape index (κ3) is 5.93. The van der Waals surface area contributed by atoms with E-state index in [9.17, 15) is 24.8 Å². The van der Waals surface area contributed by atoms with Gasteiger partial charge in [-0.1, -0.05) is 42.5 Å². The maximum Gasteiger partial charge on any atom is 0.336 e. The largest absolute Gasteiger partial charge is 0.478 e. The molecule has 0 aliphatic carbocycles. The molecule has 3 rings (SSSR count). The van der Waals surface area contributed by atoms with E-state index in [0.717, 1.165) is 5.56 Å². The van der Waals surface area contributed by atoms with Crippen LogP contribution in [0, 0.1) is 10.1 Å². The number of nitro benzene ring substituents is 1. The van der Waals surface area contributed by atoms with Crippen LogP contribution < -0.4 is 5.32 Å². The Morgan fingerprint density at radius 3 is 2.40 bits per heavy atom. The average molecular weight is 480 g/mol. The molecule has 2 aromatic carbocycles. The normalized spacial score (nSPS) is 16.7. The molecule has 9 heteroatoms. The first-order valence-electron chi connectivity index (χ1n) is 11.2. The topological polar surface area (TPSA) is 122 Å². The van der Waals surface area contributed by atoms with Crippen LogP contribution in [-0.2, 0) is 20.9 Å². The second-order valence-corrected chi connectivity index (χ2v) is 8.64. The smallest absolute Gasteiger partial charge is 0.336 e. The molecular formula is C26H29N3O6. The Bertz CT molecular complexity index is 1190. The van der Waals surface area contributed by atoms with Gasteiger partial charge in [-0.25, -0.2) is 9.59 Å². The van der Waals surface area contributed by atoms with E-state index >= 15 is 0 Å². The summed E-state index contributed by atoms with van der Waals surface area (Å²) in [6, 6.07) is 15.5. The maximum absolute atomic E-state index is 13.3. The SMILES string of the molecule is CC1=C(C(=O)O)C(c2cccc([N+](=O)[O-])c2)C(C(=O)OCC(C)N(C)Cc2ccccc2)=C(C)N1. The van der Waals surface area contributed by atoms with Crippen molar-refractivity contribution >= 4 is 17.6 Å². The van der Waals surface area contributed by atoms with Crippen LogP contribution in [0.3, 0.4) is 0 Å². The number of carboxylic acid groups (broad SMARTS) is 1. The molecule has 9 nitrogen and oxygen atoms in total. The fourth-order valence-electron chi connectivity index (χ4n) is 4.13. The molecule has 0 radical (unpaired) electrons. The minimum atomic E-state index is -1.22. The highest BCUT2D eigenvalue weighted by Gasteiger charge is 2.38. The van der Waals surface area contributed by atoms with Gasteiger partial charge in [-0.3, -0.25) is 15.0 Å². The molecule has 184 valence electrons. The number of esters is 1. The van der Waals surface area contributed by atoms with Crippen LogP contribution in [0.2, 0.25) is 0 Å². The lowest BCUT2D eigenvalue weighted by Crippen LogP contribution is -2.35. The van der Waals surface area contributed by atoms with Crippen molar-refractivity contribution in [1.82, 2.24) is 10.2 Å². The Labute approximate surface area is 203 Å². The van der Waals surface area contributed by atoms with Crippen molar-refractivity contribution in [3.8, 4) is 0 Å². The van der Waals surface area contributed by atoms with Crippen molar-refractivity contribution in [1.29, 1.82) is 0 Å². The lowest BCUT2D eigenvalue weighted by atomic mass is 9.80. The molecule has 0 aromatic heterocycles. The fraction of sp³-hybridized carbons (Fsp3) is 0.308. The van der Waals surface area contributed by atoms with Crippen molar-refractivity contribution in [3.05, 3.63) is 98.4 Å². The Balaban J connectivity index is 1.85. The highest BCUT2D eigenvalue weighted by atomic mass is 16.6. The van der Waals surface area contributed by atoms with Crippen LogP contribution >= 0.6 is 0 Å². The first-order valence-corrected chi connectivity index (χ1v) is 11.2. The van der Waals surface area contributed by atoms with Crippen molar-refractivity contribution in [2.75, 3.05) is 13.7 Å². The molecule has 0 bridgehead atoms. The van der Waals surface area contributed by atoms with Gasteiger partial charge in [-0.15, -0.1) is 0 Å². The van der Waals surface area contributed by atoms with Crippen molar-refractivity contribution in [2.24, 2.45) is 0 Å². The average Bonchev–Trinajstić information content (AvgIpc) is 2.82. The van der Waals surface area contributed by atoms with E-state index in [0.29, 0.717) is 23.5 Å². The quantitative estimate of drug-likeness (QED) is 0.315. The Morgan fingerprint density at radius 2 is 1.77 bits per heavy atom. The lowest BCUT2D eigenvalue weighted by molar-refractivity contribution is -0.384. The molecule has 0 fully saturated rings. The summed E-state index contributed by atoms with van der Waals surface area (Å²) in [5, 5.41) is 24.2. The number of aliphatic carboxylic acids is 1. The first-order chi connectivity index (χ1) is 16.6. The van der Waals surface area contributed by atoms with Crippen LogP contribution in [0.25, 0.3) is 0 Å². The van der Waals surface area contributed by atoms with E-state index in [1.165, 1.54) is 18.2 Å². The van der Waals surface area contributed by atoms with Gasteiger partial charge in [0.05, 0.1) is 22.0 Å². The van der Waals surface area contributed by atoms with Gasteiger partial charge in [0.15, 0.2) is 0 Å². The number of carbonyl (C=O) groups is 2. The zero-order chi connectivity index (χ0) is 25.7. The third-order valence-electron chi connectivity index (χ3n) is 6.11. The van der Waals surface area contributed by atoms with Crippen molar-refractivity contribution in [2.45, 2.75) is 39.3 Å². The molecule has 2 atom stereocenters. The highest BCUT2D eigenvalue weighted by Crippen LogP contribution is 2.39. The standard InChI is InChI=1S/C26H29N3O6/c1-16(28(4)14-19-9-6-5-7-10-19)15-35-26(32)23-18(3)27-17(2)22(25(30)31)24(23)20-11-8-12-21(13-20)29(33)34/h5-13,16,24,27H,14-15H2,1-4H3,(H,30,31). The molecule has 0 saturated carbocycles. The van der Waals surface area contributed by atoms with Crippen LogP contribution in [0.1, 0.15) is 37.8 Å². The van der Waals surface area contributed by atoms with Gasteiger partial charge in [0.25, 0.3) is 5.69 Å². The van der Waals surface area contributed by atoms with Gasteiger partial charge in [-0.2, -0.15) is 0 Å². The maximum atomic E-state index is 13.3. The molecule has 2 aromatic rings. The molecule has 0 spiro atoms. The van der Waals surface area contributed by atoms with Crippen molar-refractivity contribution < 1.29 is 24.4 Å². The predicted octanol–water partition coefficient (Wildman–Crippen LogP) is 3.98. The number of carbonyl (C=O) groups excluding carboxylic acids is 1. The van der Waals surface area contributed by atoms with Crippen LogP contribution in [0.5, 0.6) is 0 Å². The Hall–Kier alpha value is -3.98. The van der Waals surface area contributed by atoms with Gasteiger partial charge in [0.2, 0.25) is 0 Å². The number of non-ortho nitro benzene ring substituents is 1. The van der Waals surface area contributed by atoms with Gasteiger partial charge >= 0.3 is 11.9 Å². The zero-order valence-electron chi connectivity index (χ0n) is 20.1. The molecule has 0 amide bonds. The molecule has 2 unspecified atom stereocenters. The van der Waals surface area contributed by atoms with E-state index in [4.69, 9.17) is 4.74 Å². The number of likely N-dealkylation sites (N-methyl/N-ethyl adjacent to an activating group) is 1. The van der Waals surface area contributed by atoms with E-state index in [-0.39, 0.29) is 29.5 Å². The number of nitrogens with zero attached hydrogens (tertiary/aromatic N) is 2. The number of hydrogen-bond donors (Lipinski definition) is 2. The molecule has 1 aliphatic heterocycles. The Kier molecular flexibility index (Phi) is 8.03. The number of rotatable bonds is 9. The monoisotopic (exact) mass is 479 g/mol. The third-order valence-corrected chi connectivity index (χ3v) is 6.11. The van der Waals surface area contributed by atoms with Crippen LogP contribution in [0.4, 0.5) is 5.69 Å². The number of allylic oxidation sites excluding steroid dienone is 2. The highest BCUT2D eigenvalue weighted by molar-refractivity contribution is 5.99. The first kappa shape index (κ1) is 25.6. The molecule has 35 heavy (non-hydrogen) atoms. The summed E-state index contributed by atoms with van der Waals surface area (Å²) < 4.78 is 5.64. The number of nitro groups is 1. The summed E-state index contributed by atoms with van der Waals surface area (Å²) >= 11 is 0. The molecule has 1 heterocycles. The van der Waals surface area contributed by atoms with Gasteiger partial charge in [-0.05, 0) is 38.9 Å². The second-order valence-electron chi connectivity index (χ2n) is 8.64. The lowest BCUT2D eigenvalue weighted by Gasteiger charge is -2.30. The summed E-state index contributed by atoms with van der Waals surface area (Å²) in [6.45, 7) is 5.95. The van der Waals surface area contributed by atoms with Crippen molar-refractivity contribution in [3.63, 3.8) is 0 Å². The summed E-state index contributed by atoms with van der Waals surface area (Å²) in [5.74, 6) is -2.91. The van der Waals surface area contributed by atoms with Gasteiger partial charge < -0.3 is 15.2 Å². The minimum Gasteiger partial charge on any atom is -0.478 e. The number of ether oxygens (including phenoxy) is 1. The number of carboxylic acids is 1. The zero-order valence-corrected chi connectivity index (χ0v) is 20.1. The van der Waals surface area contributed by atoms with Crippen LogP contribution in [-0.4, -0.2) is 46.6 Å². The minimum absolute atomic E-state index is 0.0581. The van der Waals surface area contributed by atoms with Gasteiger partial charge in [0, 0.05) is 36.1 Å². The summed E-state index contributed by atoms with van der Waals surface area (Å²) in [4.78, 5) is 38.3. The summed E-state index contributed by atoms with van der Waals surface area (Å²) in [7, 11) is 1.93. The number of dihydropyridines is 1. The van der Waals surface area contributed by atoms with Crippen LogP contribution in [0.15, 0.2) is 77.1 Å². The van der Waals surface area contributed by atoms with E-state index < -0.39 is 22.8 Å². The second kappa shape index (κ2) is 11.0. The summed E-state index contributed by atoms with van der Waals surface area (Å²) in [5.41, 5.74) is 2.13.